The van der Waals surface area contributed by atoms with Crippen LogP contribution in [0.3, 0.4) is 0 Å². The number of halogens is 4. The number of furan rings is 1. The molecule has 0 aliphatic heterocycles. The highest BCUT2D eigenvalue weighted by Crippen LogP contribution is 2.30. The third kappa shape index (κ3) is 2.90. The van der Waals surface area contributed by atoms with Gasteiger partial charge in [0.2, 0.25) is 0 Å². The molecule has 2 nitrogen and oxygen atoms in total. The van der Waals surface area contributed by atoms with Crippen LogP contribution in [0.5, 0.6) is 5.75 Å². The molecule has 0 aliphatic carbocycles. The van der Waals surface area contributed by atoms with Gasteiger partial charge in [0.15, 0.2) is 0 Å². The van der Waals surface area contributed by atoms with Crippen LogP contribution in [0.25, 0.3) is 11.0 Å². The Bertz CT molecular complexity index is 788. The summed E-state index contributed by atoms with van der Waals surface area (Å²) in [5.41, 5.74) is -0.350. The molecule has 3 aromatic rings. The van der Waals surface area contributed by atoms with Crippen molar-refractivity contribution in [2.45, 2.75) is 12.8 Å². The molecule has 22 heavy (non-hydrogen) atoms. The second kappa shape index (κ2) is 5.36. The third-order valence-corrected chi connectivity index (χ3v) is 3.12. The summed E-state index contributed by atoms with van der Waals surface area (Å²) in [5, 5.41) is 0.341. The summed E-state index contributed by atoms with van der Waals surface area (Å²) in [4.78, 5) is 0. The largest absolute Gasteiger partial charge is 0.486 e. The van der Waals surface area contributed by atoms with E-state index >= 15 is 0 Å². The van der Waals surface area contributed by atoms with Crippen LogP contribution in [-0.4, -0.2) is 0 Å². The maximum atomic E-state index is 13.5. The molecule has 0 saturated heterocycles. The van der Waals surface area contributed by atoms with Crippen LogP contribution >= 0.6 is 0 Å². The molecule has 0 spiro atoms. The molecule has 2 aromatic carbocycles. The van der Waals surface area contributed by atoms with Crippen molar-refractivity contribution >= 4 is 11.0 Å². The third-order valence-electron chi connectivity index (χ3n) is 3.12. The molecule has 114 valence electrons. The number of hydrogen-bond donors (Lipinski definition) is 0. The Morgan fingerprint density at radius 1 is 1.00 bits per heavy atom. The molecule has 0 fully saturated rings. The SMILES string of the molecule is Fc1cccc2oc(COc3ccc(C(F)(F)F)cc3)cc12. The van der Waals surface area contributed by atoms with Crippen molar-refractivity contribution < 1.29 is 26.7 Å². The van der Waals surface area contributed by atoms with Crippen molar-refractivity contribution in [3.05, 3.63) is 65.7 Å². The van der Waals surface area contributed by atoms with E-state index in [4.69, 9.17) is 9.15 Å². The van der Waals surface area contributed by atoms with Crippen molar-refractivity contribution in [1.29, 1.82) is 0 Å². The van der Waals surface area contributed by atoms with Gasteiger partial charge in [-0.1, -0.05) is 6.07 Å². The maximum absolute atomic E-state index is 13.5. The van der Waals surface area contributed by atoms with Gasteiger partial charge in [-0.3, -0.25) is 0 Å². The van der Waals surface area contributed by atoms with Crippen molar-refractivity contribution in [3.8, 4) is 5.75 Å². The van der Waals surface area contributed by atoms with Gasteiger partial charge in [-0.25, -0.2) is 4.39 Å². The second-order valence-corrected chi connectivity index (χ2v) is 4.68. The lowest BCUT2D eigenvalue weighted by molar-refractivity contribution is -0.137. The Labute approximate surface area is 122 Å². The first-order chi connectivity index (χ1) is 10.4. The van der Waals surface area contributed by atoms with Gasteiger partial charge in [0, 0.05) is 0 Å². The minimum absolute atomic E-state index is 0.000511. The molecule has 1 heterocycles. The topological polar surface area (TPSA) is 22.4 Å². The highest BCUT2D eigenvalue weighted by atomic mass is 19.4. The summed E-state index contributed by atoms with van der Waals surface area (Å²) in [5.74, 6) is 0.260. The molecule has 0 unspecified atom stereocenters. The lowest BCUT2D eigenvalue weighted by Gasteiger charge is -2.08. The molecule has 0 radical (unpaired) electrons. The van der Waals surface area contributed by atoms with Crippen molar-refractivity contribution in [2.75, 3.05) is 0 Å². The Morgan fingerprint density at radius 2 is 1.73 bits per heavy atom. The maximum Gasteiger partial charge on any atom is 0.416 e. The first-order valence-electron chi connectivity index (χ1n) is 6.40. The van der Waals surface area contributed by atoms with Gasteiger partial charge in [0.05, 0.1) is 10.9 Å². The summed E-state index contributed by atoms with van der Waals surface area (Å²) >= 11 is 0. The lowest BCUT2D eigenvalue weighted by atomic mass is 10.2. The molecule has 0 N–H and O–H groups in total. The molecule has 6 heteroatoms. The fraction of sp³-hybridized carbons (Fsp3) is 0.125. The average Bonchev–Trinajstić information content (AvgIpc) is 2.89. The fourth-order valence-corrected chi connectivity index (χ4v) is 2.04. The van der Waals surface area contributed by atoms with Crippen LogP contribution in [0.15, 0.2) is 52.9 Å². The van der Waals surface area contributed by atoms with Gasteiger partial charge in [-0.2, -0.15) is 13.2 Å². The minimum Gasteiger partial charge on any atom is -0.486 e. The van der Waals surface area contributed by atoms with E-state index in [1.165, 1.54) is 30.3 Å². The monoisotopic (exact) mass is 310 g/mol. The van der Waals surface area contributed by atoms with Gasteiger partial charge in [-0.05, 0) is 42.5 Å². The van der Waals surface area contributed by atoms with Crippen LogP contribution in [0.2, 0.25) is 0 Å². The molecular weight excluding hydrogens is 300 g/mol. The normalized spacial score (nSPS) is 11.8. The summed E-state index contributed by atoms with van der Waals surface area (Å²) in [6, 6.07) is 10.3. The summed E-state index contributed by atoms with van der Waals surface area (Å²) in [6.45, 7) is -0.000511. The molecule has 1 aromatic heterocycles. The Hall–Kier alpha value is -2.50. The zero-order valence-corrected chi connectivity index (χ0v) is 11.2. The average molecular weight is 310 g/mol. The zero-order chi connectivity index (χ0) is 15.7. The van der Waals surface area contributed by atoms with Crippen molar-refractivity contribution in [3.63, 3.8) is 0 Å². The minimum atomic E-state index is -4.38. The van der Waals surface area contributed by atoms with Crippen LogP contribution in [0, 0.1) is 5.82 Å². The van der Waals surface area contributed by atoms with E-state index in [9.17, 15) is 17.6 Å². The number of ether oxygens (including phenoxy) is 1. The predicted molar refractivity (Wildman–Crippen MR) is 71.9 cm³/mol. The standard InChI is InChI=1S/C16H10F4O2/c17-14-2-1-3-15-13(14)8-12(22-15)9-21-11-6-4-10(5-7-11)16(18,19)20/h1-8H,9H2. The van der Waals surface area contributed by atoms with Gasteiger partial charge in [-0.15, -0.1) is 0 Å². The molecule has 0 atom stereocenters. The van der Waals surface area contributed by atoms with Crippen LogP contribution in [0.4, 0.5) is 17.6 Å². The van der Waals surface area contributed by atoms with E-state index in [0.29, 0.717) is 16.7 Å². The predicted octanol–water partition coefficient (Wildman–Crippen LogP) is 5.17. The van der Waals surface area contributed by atoms with E-state index in [-0.39, 0.29) is 12.4 Å². The number of hydrogen-bond acceptors (Lipinski definition) is 2. The number of rotatable bonds is 3. The summed E-state index contributed by atoms with van der Waals surface area (Å²) < 4.78 is 61.6. The summed E-state index contributed by atoms with van der Waals surface area (Å²) in [6.07, 6.45) is -4.38. The highest BCUT2D eigenvalue weighted by Gasteiger charge is 2.30. The molecule has 0 bridgehead atoms. The van der Waals surface area contributed by atoms with Crippen LogP contribution < -0.4 is 4.74 Å². The summed E-state index contributed by atoms with van der Waals surface area (Å²) in [7, 11) is 0. The molecule has 0 amide bonds. The number of alkyl halides is 3. The Morgan fingerprint density at radius 3 is 2.36 bits per heavy atom. The fourth-order valence-electron chi connectivity index (χ4n) is 2.04. The van der Waals surface area contributed by atoms with E-state index < -0.39 is 17.6 Å². The van der Waals surface area contributed by atoms with Gasteiger partial charge in [0.1, 0.15) is 29.5 Å². The smallest absolute Gasteiger partial charge is 0.416 e. The Kier molecular flexibility index (Phi) is 3.52. The lowest BCUT2D eigenvalue weighted by Crippen LogP contribution is -2.04. The number of benzene rings is 2. The highest BCUT2D eigenvalue weighted by molar-refractivity contribution is 5.78. The van der Waals surface area contributed by atoms with Crippen LogP contribution in [0.1, 0.15) is 11.3 Å². The second-order valence-electron chi connectivity index (χ2n) is 4.68. The van der Waals surface area contributed by atoms with E-state index in [0.717, 1.165) is 12.1 Å². The van der Waals surface area contributed by atoms with Gasteiger partial charge in [0.25, 0.3) is 0 Å². The molecular formula is C16H10F4O2. The quantitative estimate of drug-likeness (QED) is 0.623. The van der Waals surface area contributed by atoms with Gasteiger partial charge >= 0.3 is 6.18 Å². The molecule has 0 aliphatic rings. The zero-order valence-electron chi connectivity index (χ0n) is 11.2. The molecule has 3 rings (SSSR count). The van der Waals surface area contributed by atoms with Gasteiger partial charge < -0.3 is 9.15 Å². The van der Waals surface area contributed by atoms with Crippen molar-refractivity contribution in [1.82, 2.24) is 0 Å². The number of fused-ring (bicyclic) bond motifs is 1. The van der Waals surface area contributed by atoms with E-state index in [2.05, 4.69) is 0 Å². The molecule has 0 saturated carbocycles. The van der Waals surface area contributed by atoms with E-state index in [1.54, 1.807) is 6.07 Å². The van der Waals surface area contributed by atoms with Crippen molar-refractivity contribution in [2.24, 2.45) is 0 Å². The first kappa shape index (κ1) is 14.4. The Balaban J connectivity index is 1.72. The van der Waals surface area contributed by atoms with E-state index in [1.807, 2.05) is 0 Å². The first-order valence-corrected chi connectivity index (χ1v) is 6.40. The van der Waals surface area contributed by atoms with Crippen LogP contribution in [-0.2, 0) is 12.8 Å².